The van der Waals surface area contributed by atoms with Gasteiger partial charge in [-0.05, 0) is 12.1 Å². The molecular formula is C13H12Cl2N2O4. The first-order chi connectivity index (χ1) is 9.88. The second-order valence-corrected chi connectivity index (χ2v) is 5.40. The van der Waals surface area contributed by atoms with Gasteiger partial charge in [-0.25, -0.2) is 4.79 Å². The molecule has 6 nitrogen and oxygen atoms in total. The Balaban J connectivity index is 2.21. The first-order valence-electron chi connectivity index (χ1n) is 6.06. The van der Waals surface area contributed by atoms with E-state index in [9.17, 15) is 4.79 Å². The van der Waals surface area contributed by atoms with Gasteiger partial charge >= 0.3 is 5.97 Å². The number of rotatable bonds is 5. The predicted molar refractivity (Wildman–Crippen MR) is 76.1 cm³/mol. The van der Waals surface area contributed by atoms with Crippen molar-refractivity contribution in [1.29, 1.82) is 0 Å². The van der Waals surface area contributed by atoms with Crippen LogP contribution in [0.1, 0.15) is 41.8 Å². The highest BCUT2D eigenvalue weighted by atomic mass is 35.5. The molecule has 0 aliphatic rings. The first kappa shape index (κ1) is 15.6. The average Bonchev–Trinajstić information content (AvgIpc) is 2.85. The Morgan fingerprint density at radius 2 is 2.14 bits per heavy atom. The average molecular weight is 331 g/mol. The highest BCUT2D eigenvalue weighted by molar-refractivity contribution is 6.36. The van der Waals surface area contributed by atoms with Crippen molar-refractivity contribution in [2.24, 2.45) is 0 Å². The molecule has 0 spiro atoms. The van der Waals surface area contributed by atoms with Gasteiger partial charge in [-0.2, -0.15) is 4.98 Å². The van der Waals surface area contributed by atoms with E-state index in [-0.39, 0.29) is 39.8 Å². The number of carboxylic acid groups (broad SMARTS) is 1. The van der Waals surface area contributed by atoms with E-state index in [4.69, 9.17) is 37.6 Å². The minimum absolute atomic E-state index is 0.0119. The number of hydrogen-bond donors (Lipinski definition) is 1. The van der Waals surface area contributed by atoms with Crippen molar-refractivity contribution in [3.8, 4) is 5.75 Å². The summed E-state index contributed by atoms with van der Waals surface area (Å²) in [7, 11) is 0. The van der Waals surface area contributed by atoms with Crippen LogP contribution in [-0.2, 0) is 6.61 Å². The Kier molecular flexibility index (Phi) is 4.69. The molecule has 0 atom stereocenters. The predicted octanol–water partition coefficient (Wildman–Crippen LogP) is 3.78. The maximum Gasteiger partial charge on any atom is 0.339 e. The van der Waals surface area contributed by atoms with Gasteiger partial charge < -0.3 is 14.4 Å². The molecule has 112 valence electrons. The number of carbonyl (C=O) groups is 1. The number of hydrogen-bond acceptors (Lipinski definition) is 5. The maximum absolute atomic E-state index is 11.2. The molecule has 2 aromatic rings. The molecule has 0 radical (unpaired) electrons. The standard InChI is InChI=1S/C13H12Cl2N2O4/c1-6(2)12-16-10(21-17-12)5-20-11-8(13(18)19)3-7(14)4-9(11)15/h3-4,6H,5H2,1-2H3,(H,18,19). The molecule has 0 saturated carbocycles. The van der Waals surface area contributed by atoms with Crippen LogP contribution in [0.2, 0.25) is 10.0 Å². The molecule has 1 heterocycles. The largest absolute Gasteiger partial charge is 0.481 e. The van der Waals surface area contributed by atoms with Crippen LogP contribution in [-0.4, -0.2) is 21.2 Å². The minimum Gasteiger partial charge on any atom is -0.481 e. The van der Waals surface area contributed by atoms with Crippen LogP contribution in [0, 0.1) is 0 Å². The summed E-state index contributed by atoms with van der Waals surface area (Å²) in [5.41, 5.74) is -0.129. The highest BCUT2D eigenvalue weighted by Crippen LogP contribution is 2.33. The van der Waals surface area contributed by atoms with E-state index in [1.165, 1.54) is 12.1 Å². The fourth-order valence-corrected chi connectivity index (χ4v) is 2.11. The lowest BCUT2D eigenvalue weighted by Crippen LogP contribution is -2.04. The summed E-state index contributed by atoms with van der Waals surface area (Å²) < 4.78 is 10.4. The molecule has 0 bridgehead atoms. The molecule has 1 aromatic carbocycles. The fourth-order valence-electron chi connectivity index (χ4n) is 1.56. The zero-order valence-corrected chi connectivity index (χ0v) is 12.8. The highest BCUT2D eigenvalue weighted by Gasteiger charge is 2.18. The normalized spacial score (nSPS) is 10.9. The summed E-state index contributed by atoms with van der Waals surface area (Å²) in [4.78, 5) is 15.3. The van der Waals surface area contributed by atoms with Crippen LogP contribution in [0.15, 0.2) is 16.7 Å². The van der Waals surface area contributed by atoms with Gasteiger partial charge in [-0.3, -0.25) is 0 Å². The van der Waals surface area contributed by atoms with Gasteiger partial charge in [0.2, 0.25) is 0 Å². The van der Waals surface area contributed by atoms with Gasteiger partial charge in [0.25, 0.3) is 5.89 Å². The molecular weight excluding hydrogens is 319 g/mol. The molecule has 1 N–H and O–H groups in total. The zero-order chi connectivity index (χ0) is 15.6. The van der Waals surface area contributed by atoms with Crippen molar-refractivity contribution in [2.75, 3.05) is 0 Å². The number of halogens is 2. The van der Waals surface area contributed by atoms with E-state index in [1.807, 2.05) is 13.8 Å². The van der Waals surface area contributed by atoms with Crippen LogP contribution >= 0.6 is 23.2 Å². The molecule has 0 aliphatic carbocycles. The van der Waals surface area contributed by atoms with E-state index >= 15 is 0 Å². The SMILES string of the molecule is CC(C)c1noc(COc2c(Cl)cc(Cl)cc2C(=O)O)n1. The van der Waals surface area contributed by atoms with Gasteiger partial charge in [0.05, 0.1) is 5.02 Å². The third kappa shape index (κ3) is 3.65. The number of benzene rings is 1. The van der Waals surface area contributed by atoms with E-state index in [1.54, 1.807) is 0 Å². The lowest BCUT2D eigenvalue weighted by atomic mass is 10.2. The third-order valence-corrected chi connectivity index (χ3v) is 3.08. The van der Waals surface area contributed by atoms with Crippen LogP contribution in [0.5, 0.6) is 5.75 Å². The Hall–Kier alpha value is -1.79. The van der Waals surface area contributed by atoms with E-state index in [0.29, 0.717) is 5.82 Å². The van der Waals surface area contributed by atoms with Crippen molar-refractivity contribution in [1.82, 2.24) is 10.1 Å². The lowest BCUT2D eigenvalue weighted by molar-refractivity contribution is 0.0691. The molecule has 8 heteroatoms. The van der Waals surface area contributed by atoms with Crippen molar-refractivity contribution in [3.05, 3.63) is 39.5 Å². The molecule has 21 heavy (non-hydrogen) atoms. The van der Waals surface area contributed by atoms with Crippen molar-refractivity contribution >= 4 is 29.2 Å². The fraction of sp³-hybridized carbons (Fsp3) is 0.308. The van der Waals surface area contributed by atoms with Crippen molar-refractivity contribution in [2.45, 2.75) is 26.4 Å². The molecule has 0 amide bonds. The molecule has 0 saturated heterocycles. The zero-order valence-electron chi connectivity index (χ0n) is 11.3. The Labute approximate surface area is 130 Å². The van der Waals surface area contributed by atoms with Gasteiger partial charge in [-0.15, -0.1) is 0 Å². The van der Waals surface area contributed by atoms with Gasteiger partial charge in [0.1, 0.15) is 5.56 Å². The summed E-state index contributed by atoms with van der Waals surface area (Å²) >= 11 is 11.7. The second kappa shape index (κ2) is 6.32. The van der Waals surface area contributed by atoms with E-state index in [0.717, 1.165) is 0 Å². The summed E-state index contributed by atoms with van der Waals surface area (Å²) in [6, 6.07) is 2.66. The summed E-state index contributed by atoms with van der Waals surface area (Å²) in [6.45, 7) is 3.77. The lowest BCUT2D eigenvalue weighted by Gasteiger charge is -2.09. The molecule has 2 rings (SSSR count). The summed E-state index contributed by atoms with van der Waals surface area (Å²) in [5, 5.41) is 13.2. The Morgan fingerprint density at radius 3 is 2.71 bits per heavy atom. The van der Waals surface area contributed by atoms with Crippen LogP contribution in [0.4, 0.5) is 0 Å². The second-order valence-electron chi connectivity index (χ2n) is 4.56. The third-order valence-electron chi connectivity index (χ3n) is 2.58. The van der Waals surface area contributed by atoms with E-state index < -0.39 is 5.97 Å². The molecule has 0 fully saturated rings. The summed E-state index contributed by atoms with van der Waals surface area (Å²) in [6.07, 6.45) is 0. The van der Waals surface area contributed by atoms with E-state index in [2.05, 4.69) is 10.1 Å². The monoisotopic (exact) mass is 330 g/mol. The van der Waals surface area contributed by atoms with Gasteiger partial charge in [-0.1, -0.05) is 42.2 Å². The number of aromatic carboxylic acids is 1. The first-order valence-corrected chi connectivity index (χ1v) is 6.81. The minimum atomic E-state index is -1.19. The maximum atomic E-state index is 11.2. The number of aromatic nitrogens is 2. The molecule has 0 aliphatic heterocycles. The van der Waals surface area contributed by atoms with Crippen molar-refractivity contribution in [3.63, 3.8) is 0 Å². The molecule has 1 aromatic heterocycles. The van der Waals surface area contributed by atoms with Crippen LogP contribution in [0.3, 0.4) is 0 Å². The van der Waals surface area contributed by atoms with Crippen molar-refractivity contribution < 1.29 is 19.2 Å². The van der Waals surface area contributed by atoms with Gasteiger partial charge in [0, 0.05) is 10.9 Å². The summed E-state index contributed by atoms with van der Waals surface area (Å²) in [5.74, 6) is -0.271. The number of nitrogens with zero attached hydrogens (tertiary/aromatic N) is 2. The quantitative estimate of drug-likeness (QED) is 0.897. The van der Waals surface area contributed by atoms with Crippen LogP contribution in [0.25, 0.3) is 0 Å². The smallest absolute Gasteiger partial charge is 0.339 e. The molecule has 0 unspecified atom stereocenters. The van der Waals surface area contributed by atoms with Gasteiger partial charge in [0.15, 0.2) is 18.2 Å². The number of carboxylic acids is 1. The topological polar surface area (TPSA) is 85.5 Å². The number of ether oxygens (including phenoxy) is 1. The Bertz CT molecular complexity index is 670. The Morgan fingerprint density at radius 1 is 1.43 bits per heavy atom. The van der Waals surface area contributed by atoms with Crippen LogP contribution < -0.4 is 4.74 Å².